The van der Waals surface area contributed by atoms with E-state index in [2.05, 4.69) is 9.99 Å². The SMILES string of the molecule is CO/N=C(\C)c1ccc(C(C)(C)C)c([N+](=O)[O-])c1. The van der Waals surface area contributed by atoms with E-state index in [-0.39, 0.29) is 16.0 Å². The van der Waals surface area contributed by atoms with Gasteiger partial charge < -0.3 is 4.84 Å². The minimum absolute atomic E-state index is 0.116. The molecule has 0 spiro atoms. The summed E-state index contributed by atoms with van der Waals surface area (Å²) in [6.07, 6.45) is 0. The first-order chi connectivity index (χ1) is 8.27. The fourth-order valence-corrected chi connectivity index (χ4v) is 1.73. The third kappa shape index (κ3) is 3.06. The lowest BCUT2D eigenvalue weighted by Crippen LogP contribution is -2.14. The Morgan fingerprint density at radius 3 is 2.44 bits per heavy atom. The number of nitro benzene ring substituents is 1. The van der Waals surface area contributed by atoms with Crippen molar-refractivity contribution >= 4 is 11.4 Å². The van der Waals surface area contributed by atoms with Gasteiger partial charge in [-0.05, 0) is 12.3 Å². The molecule has 0 saturated heterocycles. The van der Waals surface area contributed by atoms with Gasteiger partial charge in [-0.1, -0.05) is 38.1 Å². The molecule has 0 radical (unpaired) electrons. The molecule has 0 saturated carbocycles. The number of hydrogen-bond donors (Lipinski definition) is 0. The van der Waals surface area contributed by atoms with Gasteiger partial charge in [0.1, 0.15) is 7.11 Å². The van der Waals surface area contributed by atoms with Crippen molar-refractivity contribution in [3.8, 4) is 0 Å². The van der Waals surface area contributed by atoms with Crippen LogP contribution in [0, 0.1) is 10.1 Å². The Morgan fingerprint density at radius 2 is 2.00 bits per heavy atom. The quantitative estimate of drug-likeness (QED) is 0.470. The molecule has 0 bridgehead atoms. The van der Waals surface area contributed by atoms with E-state index >= 15 is 0 Å². The molecule has 98 valence electrons. The van der Waals surface area contributed by atoms with Crippen LogP contribution in [0.3, 0.4) is 0 Å². The number of oxime groups is 1. The molecule has 0 fully saturated rings. The molecule has 5 heteroatoms. The normalized spacial score (nSPS) is 12.4. The predicted octanol–water partition coefficient (Wildman–Crippen LogP) is 3.26. The monoisotopic (exact) mass is 250 g/mol. The average molecular weight is 250 g/mol. The zero-order chi connectivity index (χ0) is 13.9. The van der Waals surface area contributed by atoms with Crippen molar-refractivity contribution in [2.24, 2.45) is 5.16 Å². The maximum absolute atomic E-state index is 11.1. The molecule has 0 atom stereocenters. The molecule has 1 aromatic carbocycles. The van der Waals surface area contributed by atoms with E-state index in [9.17, 15) is 10.1 Å². The standard InChI is InChI=1S/C13H18N2O3/c1-9(14-18-5)10-6-7-11(13(2,3)4)12(8-10)15(16)17/h6-8H,1-5H3/b14-9+. The lowest BCUT2D eigenvalue weighted by molar-refractivity contribution is -0.386. The first-order valence-corrected chi connectivity index (χ1v) is 5.64. The molecule has 5 nitrogen and oxygen atoms in total. The second-order valence-electron chi connectivity index (χ2n) is 5.10. The van der Waals surface area contributed by atoms with E-state index in [1.165, 1.54) is 7.11 Å². The van der Waals surface area contributed by atoms with Crippen LogP contribution in [0.1, 0.15) is 38.8 Å². The van der Waals surface area contributed by atoms with Crippen molar-refractivity contribution in [2.45, 2.75) is 33.1 Å². The number of nitrogens with zero attached hydrogens (tertiary/aromatic N) is 2. The van der Waals surface area contributed by atoms with E-state index in [0.29, 0.717) is 16.8 Å². The van der Waals surface area contributed by atoms with Crippen LogP contribution in [0.2, 0.25) is 0 Å². The van der Waals surface area contributed by atoms with Gasteiger partial charge in [-0.25, -0.2) is 0 Å². The highest BCUT2D eigenvalue weighted by Crippen LogP contribution is 2.31. The van der Waals surface area contributed by atoms with Crippen LogP contribution in [-0.4, -0.2) is 17.7 Å². The van der Waals surface area contributed by atoms with Crippen molar-refractivity contribution in [2.75, 3.05) is 7.11 Å². The lowest BCUT2D eigenvalue weighted by atomic mass is 9.85. The second-order valence-corrected chi connectivity index (χ2v) is 5.10. The van der Waals surface area contributed by atoms with E-state index in [4.69, 9.17) is 0 Å². The zero-order valence-electron chi connectivity index (χ0n) is 11.4. The first-order valence-electron chi connectivity index (χ1n) is 5.64. The van der Waals surface area contributed by atoms with Crippen molar-refractivity contribution in [3.63, 3.8) is 0 Å². The predicted molar refractivity (Wildman–Crippen MR) is 71.0 cm³/mol. The highest BCUT2D eigenvalue weighted by molar-refractivity contribution is 5.99. The summed E-state index contributed by atoms with van der Waals surface area (Å²) in [5, 5.41) is 14.9. The van der Waals surface area contributed by atoms with Gasteiger partial charge in [0.2, 0.25) is 0 Å². The molecule has 0 amide bonds. The minimum Gasteiger partial charge on any atom is -0.399 e. The van der Waals surface area contributed by atoms with E-state index in [0.717, 1.165) is 0 Å². The smallest absolute Gasteiger partial charge is 0.273 e. The fourth-order valence-electron chi connectivity index (χ4n) is 1.73. The van der Waals surface area contributed by atoms with Crippen LogP contribution in [-0.2, 0) is 10.3 Å². The Hall–Kier alpha value is -1.91. The molecular formula is C13H18N2O3. The summed E-state index contributed by atoms with van der Waals surface area (Å²) in [7, 11) is 1.45. The highest BCUT2D eigenvalue weighted by Gasteiger charge is 2.25. The summed E-state index contributed by atoms with van der Waals surface area (Å²) in [4.78, 5) is 15.5. The Morgan fingerprint density at radius 1 is 1.39 bits per heavy atom. The van der Waals surface area contributed by atoms with Crippen molar-refractivity contribution in [1.82, 2.24) is 0 Å². The van der Waals surface area contributed by atoms with Gasteiger partial charge in [-0.3, -0.25) is 10.1 Å². The zero-order valence-corrected chi connectivity index (χ0v) is 11.4. The van der Waals surface area contributed by atoms with Gasteiger partial charge in [-0.2, -0.15) is 0 Å². The van der Waals surface area contributed by atoms with Gasteiger partial charge in [0.25, 0.3) is 5.69 Å². The first kappa shape index (κ1) is 14.2. The number of nitro groups is 1. The van der Waals surface area contributed by atoms with Crippen LogP contribution >= 0.6 is 0 Å². The Balaban J connectivity index is 3.37. The number of benzene rings is 1. The summed E-state index contributed by atoms with van der Waals surface area (Å²) in [6, 6.07) is 5.14. The Bertz CT molecular complexity index is 487. The summed E-state index contributed by atoms with van der Waals surface area (Å²) in [5.74, 6) is 0. The van der Waals surface area contributed by atoms with Gasteiger partial charge in [0.15, 0.2) is 0 Å². The van der Waals surface area contributed by atoms with Crippen molar-refractivity contribution in [1.29, 1.82) is 0 Å². The van der Waals surface area contributed by atoms with Gasteiger partial charge in [0.05, 0.1) is 10.6 Å². The summed E-state index contributed by atoms with van der Waals surface area (Å²) in [6.45, 7) is 7.60. The maximum atomic E-state index is 11.1. The molecule has 0 unspecified atom stereocenters. The highest BCUT2D eigenvalue weighted by atomic mass is 16.6. The summed E-state index contributed by atoms with van der Waals surface area (Å²) >= 11 is 0. The van der Waals surface area contributed by atoms with Crippen LogP contribution in [0.5, 0.6) is 0 Å². The number of rotatable bonds is 3. The molecule has 0 N–H and O–H groups in total. The molecule has 0 aliphatic carbocycles. The fraction of sp³-hybridized carbons (Fsp3) is 0.462. The minimum atomic E-state index is -0.357. The third-order valence-electron chi connectivity index (χ3n) is 2.65. The molecular weight excluding hydrogens is 232 g/mol. The lowest BCUT2D eigenvalue weighted by Gasteiger charge is -2.19. The van der Waals surface area contributed by atoms with Crippen LogP contribution < -0.4 is 0 Å². The largest absolute Gasteiger partial charge is 0.399 e. The molecule has 18 heavy (non-hydrogen) atoms. The summed E-state index contributed by atoms with van der Waals surface area (Å²) < 4.78 is 0. The molecule has 1 rings (SSSR count). The second kappa shape index (κ2) is 5.16. The molecule has 0 aliphatic rings. The molecule has 0 aromatic heterocycles. The van der Waals surface area contributed by atoms with Crippen LogP contribution in [0.15, 0.2) is 23.4 Å². The van der Waals surface area contributed by atoms with Crippen molar-refractivity contribution in [3.05, 3.63) is 39.4 Å². The topological polar surface area (TPSA) is 64.7 Å². The van der Waals surface area contributed by atoms with Crippen molar-refractivity contribution < 1.29 is 9.76 Å². The van der Waals surface area contributed by atoms with E-state index in [1.54, 1.807) is 19.1 Å². The number of hydrogen-bond acceptors (Lipinski definition) is 4. The Kier molecular flexibility index (Phi) is 4.06. The van der Waals surface area contributed by atoms with Gasteiger partial charge >= 0.3 is 0 Å². The van der Waals surface area contributed by atoms with Gasteiger partial charge in [0, 0.05) is 17.2 Å². The van der Waals surface area contributed by atoms with Crippen LogP contribution in [0.4, 0.5) is 5.69 Å². The summed E-state index contributed by atoms with van der Waals surface area (Å²) in [5.41, 5.74) is 1.86. The Labute approximate surface area is 107 Å². The molecule has 0 heterocycles. The maximum Gasteiger partial charge on any atom is 0.273 e. The van der Waals surface area contributed by atoms with E-state index < -0.39 is 0 Å². The van der Waals surface area contributed by atoms with Crippen LogP contribution in [0.25, 0.3) is 0 Å². The van der Waals surface area contributed by atoms with E-state index in [1.807, 2.05) is 26.8 Å². The third-order valence-corrected chi connectivity index (χ3v) is 2.65. The molecule has 1 aromatic rings. The average Bonchev–Trinajstić information content (AvgIpc) is 2.27. The van der Waals surface area contributed by atoms with Gasteiger partial charge in [-0.15, -0.1) is 0 Å². The molecule has 0 aliphatic heterocycles.